The third kappa shape index (κ3) is 4.16. The Morgan fingerprint density at radius 3 is 2.00 bits per heavy atom. The largest absolute Gasteiger partial charge is 0.354 e. The van der Waals surface area contributed by atoms with Crippen LogP contribution in [0.4, 0.5) is 5.82 Å². The number of hydrogen-bond donors (Lipinski definition) is 0. The van der Waals surface area contributed by atoms with Gasteiger partial charge in [-0.3, -0.25) is 4.90 Å². The van der Waals surface area contributed by atoms with Crippen molar-refractivity contribution in [2.75, 3.05) is 31.1 Å². The van der Waals surface area contributed by atoms with Crippen LogP contribution < -0.4 is 4.90 Å². The summed E-state index contributed by atoms with van der Waals surface area (Å²) in [5.74, 6) is 1.06. The van der Waals surface area contributed by atoms with Crippen LogP contribution in [0.1, 0.15) is 22.7 Å². The molecule has 0 bridgehead atoms. The molecule has 0 unspecified atom stereocenters. The van der Waals surface area contributed by atoms with E-state index < -0.39 is 0 Å². The van der Waals surface area contributed by atoms with Crippen LogP contribution in [0.3, 0.4) is 0 Å². The third-order valence-electron chi connectivity index (χ3n) is 6.20. The molecule has 3 nitrogen and oxygen atoms in total. The Hall–Kier alpha value is -2.88. The fourth-order valence-corrected chi connectivity index (χ4v) is 4.78. The Labute approximate surface area is 188 Å². The second-order valence-electron chi connectivity index (χ2n) is 8.21. The van der Waals surface area contributed by atoms with Crippen LogP contribution in [-0.2, 0) is 0 Å². The van der Waals surface area contributed by atoms with E-state index in [4.69, 9.17) is 16.6 Å². The normalized spacial score (nSPS) is 15.0. The highest BCUT2D eigenvalue weighted by Crippen LogP contribution is 2.31. The summed E-state index contributed by atoms with van der Waals surface area (Å²) < 4.78 is 0. The number of benzene rings is 3. The lowest BCUT2D eigenvalue weighted by Crippen LogP contribution is -2.48. The van der Waals surface area contributed by atoms with Crippen LogP contribution in [0.2, 0.25) is 5.02 Å². The highest BCUT2D eigenvalue weighted by molar-refractivity contribution is 6.31. The van der Waals surface area contributed by atoms with Gasteiger partial charge in [0.2, 0.25) is 0 Å². The molecule has 2 heterocycles. The van der Waals surface area contributed by atoms with Gasteiger partial charge >= 0.3 is 0 Å². The van der Waals surface area contributed by atoms with Crippen molar-refractivity contribution in [1.82, 2.24) is 9.88 Å². The van der Waals surface area contributed by atoms with Gasteiger partial charge in [-0.1, -0.05) is 72.3 Å². The third-order valence-corrected chi connectivity index (χ3v) is 6.43. The number of anilines is 1. The summed E-state index contributed by atoms with van der Waals surface area (Å²) >= 11 is 6.18. The maximum atomic E-state index is 6.18. The van der Waals surface area contributed by atoms with E-state index in [1.807, 2.05) is 18.2 Å². The average molecular weight is 428 g/mol. The minimum atomic E-state index is 0.276. The summed E-state index contributed by atoms with van der Waals surface area (Å²) in [5, 5.41) is 1.88. The number of pyridine rings is 1. The van der Waals surface area contributed by atoms with Gasteiger partial charge < -0.3 is 4.90 Å². The fraction of sp³-hybridized carbons (Fsp3) is 0.222. The predicted octanol–water partition coefficient (Wildman–Crippen LogP) is 6.11. The quantitative estimate of drug-likeness (QED) is 0.391. The molecule has 0 spiro atoms. The zero-order valence-electron chi connectivity index (χ0n) is 17.7. The molecule has 4 heteroatoms. The van der Waals surface area contributed by atoms with Crippen molar-refractivity contribution in [3.63, 3.8) is 0 Å². The number of aromatic nitrogens is 1. The zero-order valence-corrected chi connectivity index (χ0v) is 18.5. The maximum absolute atomic E-state index is 6.18. The number of piperazine rings is 1. The number of halogens is 1. The van der Waals surface area contributed by atoms with Crippen LogP contribution in [0.5, 0.6) is 0 Å². The van der Waals surface area contributed by atoms with E-state index >= 15 is 0 Å². The lowest BCUT2D eigenvalue weighted by molar-refractivity contribution is 0.212. The molecule has 0 saturated carbocycles. The molecule has 1 saturated heterocycles. The highest BCUT2D eigenvalue weighted by atomic mass is 35.5. The number of aryl methyl sites for hydroxylation is 1. The molecule has 0 atom stereocenters. The van der Waals surface area contributed by atoms with Crippen LogP contribution in [0.15, 0.2) is 84.9 Å². The van der Waals surface area contributed by atoms with Gasteiger partial charge in [-0.2, -0.15) is 0 Å². The molecule has 1 aliphatic rings. The summed E-state index contributed by atoms with van der Waals surface area (Å²) in [6.45, 7) is 6.05. The summed E-state index contributed by atoms with van der Waals surface area (Å²) in [7, 11) is 0. The minimum absolute atomic E-state index is 0.276. The maximum Gasteiger partial charge on any atom is 0.129 e. The molecule has 0 N–H and O–H groups in total. The molecule has 1 aliphatic heterocycles. The molecule has 4 aromatic rings. The van der Waals surface area contributed by atoms with Gasteiger partial charge in [-0.15, -0.1) is 0 Å². The summed E-state index contributed by atoms with van der Waals surface area (Å²) in [6, 6.07) is 30.1. The summed E-state index contributed by atoms with van der Waals surface area (Å²) in [6.07, 6.45) is 0. The predicted molar refractivity (Wildman–Crippen MR) is 130 cm³/mol. The summed E-state index contributed by atoms with van der Waals surface area (Å²) in [5.41, 5.74) is 4.92. The molecule has 0 amide bonds. The second kappa shape index (κ2) is 8.70. The lowest BCUT2D eigenvalue weighted by Gasteiger charge is -2.40. The Kier molecular flexibility index (Phi) is 5.63. The molecular formula is C27H26ClN3. The zero-order chi connectivity index (χ0) is 21.2. The molecule has 0 radical (unpaired) electrons. The van der Waals surface area contributed by atoms with Gasteiger partial charge in [-0.05, 0) is 47.9 Å². The first-order valence-corrected chi connectivity index (χ1v) is 11.2. The van der Waals surface area contributed by atoms with E-state index in [0.29, 0.717) is 0 Å². The average Bonchev–Trinajstić information content (AvgIpc) is 2.81. The number of rotatable bonds is 4. The van der Waals surface area contributed by atoms with Gasteiger partial charge in [-0.25, -0.2) is 4.98 Å². The van der Waals surface area contributed by atoms with Crippen molar-refractivity contribution in [3.8, 4) is 0 Å². The van der Waals surface area contributed by atoms with Crippen LogP contribution in [0, 0.1) is 6.92 Å². The van der Waals surface area contributed by atoms with E-state index in [9.17, 15) is 0 Å². The SMILES string of the molecule is Cc1cc(N2CCN(C(c3ccccc3)c3ccccc3)CC2)nc2ccc(Cl)cc12. The van der Waals surface area contributed by atoms with Crippen molar-refractivity contribution in [3.05, 3.63) is 107 Å². The minimum Gasteiger partial charge on any atom is -0.354 e. The van der Waals surface area contributed by atoms with Gasteiger partial charge in [0.05, 0.1) is 11.6 Å². The Morgan fingerprint density at radius 1 is 0.774 bits per heavy atom. The number of fused-ring (bicyclic) bond motifs is 1. The van der Waals surface area contributed by atoms with E-state index in [1.54, 1.807) is 0 Å². The van der Waals surface area contributed by atoms with Crippen molar-refractivity contribution in [2.45, 2.75) is 13.0 Å². The van der Waals surface area contributed by atoms with Crippen molar-refractivity contribution in [1.29, 1.82) is 0 Å². The molecule has 156 valence electrons. The van der Waals surface area contributed by atoms with Crippen LogP contribution >= 0.6 is 11.6 Å². The van der Waals surface area contributed by atoms with Crippen molar-refractivity contribution < 1.29 is 0 Å². The van der Waals surface area contributed by atoms with E-state index in [1.165, 1.54) is 16.7 Å². The summed E-state index contributed by atoms with van der Waals surface area (Å²) in [4.78, 5) is 9.94. The molecule has 1 aromatic heterocycles. The molecule has 31 heavy (non-hydrogen) atoms. The van der Waals surface area contributed by atoms with Gasteiger partial charge in [0.15, 0.2) is 0 Å². The first-order valence-electron chi connectivity index (χ1n) is 10.8. The van der Waals surface area contributed by atoms with E-state index in [0.717, 1.165) is 47.9 Å². The van der Waals surface area contributed by atoms with E-state index in [-0.39, 0.29) is 6.04 Å². The van der Waals surface area contributed by atoms with Gasteiger partial charge in [0.25, 0.3) is 0 Å². The van der Waals surface area contributed by atoms with Gasteiger partial charge in [0, 0.05) is 36.6 Å². The molecule has 5 rings (SSSR count). The first-order chi connectivity index (χ1) is 15.2. The first kappa shape index (κ1) is 20.0. The van der Waals surface area contributed by atoms with E-state index in [2.05, 4.69) is 83.5 Å². The number of hydrogen-bond acceptors (Lipinski definition) is 3. The number of nitrogens with zero attached hydrogens (tertiary/aromatic N) is 3. The topological polar surface area (TPSA) is 19.4 Å². The van der Waals surface area contributed by atoms with Gasteiger partial charge in [0.1, 0.15) is 5.82 Å². The monoisotopic (exact) mass is 427 g/mol. The Bertz CT molecular complexity index is 1130. The molecule has 0 aliphatic carbocycles. The van der Waals surface area contributed by atoms with Crippen molar-refractivity contribution in [2.24, 2.45) is 0 Å². The highest BCUT2D eigenvalue weighted by Gasteiger charge is 2.27. The Balaban J connectivity index is 1.39. The lowest BCUT2D eigenvalue weighted by atomic mass is 9.96. The molecular weight excluding hydrogens is 402 g/mol. The fourth-order valence-electron chi connectivity index (χ4n) is 4.60. The smallest absolute Gasteiger partial charge is 0.129 e. The standard InChI is InChI=1S/C27H26ClN3/c1-20-18-26(29-25-13-12-23(28)19-24(20)25)30-14-16-31(17-15-30)27(21-8-4-2-5-9-21)22-10-6-3-7-11-22/h2-13,18-19,27H,14-17H2,1H3. The van der Waals surface area contributed by atoms with Crippen LogP contribution in [0.25, 0.3) is 10.9 Å². The van der Waals surface area contributed by atoms with Crippen LogP contribution in [-0.4, -0.2) is 36.1 Å². The molecule has 3 aromatic carbocycles. The Morgan fingerprint density at radius 2 is 1.39 bits per heavy atom. The van der Waals surface area contributed by atoms with Crippen molar-refractivity contribution >= 4 is 28.3 Å². The second-order valence-corrected chi connectivity index (χ2v) is 8.64. The molecule has 1 fully saturated rings.